The Morgan fingerprint density at radius 1 is 1.08 bits per heavy atom. The molecule has 0 aliphatic heterocycles. The number of nitrogens with zero attached hydrogens (tertiary/aromatic N) is 2. The van der Waals surface area contributed by atoms with Gasteiger partial charge in [-0.25, -0.2) is 4.79 Å². The zero-order valence-electron chi connectivity index (χ0n) is 12.7. The molecule has 5 nitrogen and oxygen atoms in total. The van der Waals surface area contributed by atoms with Crippen LogP contribution < -0.4 is 11.2 Å². The molecule has 0 atom stereocenters. The molecule has 0 spiro atoms. The minimum absolute atomic E-state index is 0.388. The van der Waals surface area contributed by atoms with E-state index in [1.165, 1.54) is 5.56 Å². The molecule has 7 heteroatoms. The lowest BCUT2D eigenvalue weighted by molar-refractivity contribution is 0.749. The van der Waals surface area contributed by atoms with Gasteiger partial charge in [0.15, 0.2) is 0 Å². The predicted molar refractivity (Wildman–Crippen MR) is 94.5 cm³/mol. The van der Waals surface area contributed by atoms with Crippen LogP contribution in [0.2, 0.25) is 10.0 Å². The number of H-pyrrole nitrogens is 1. The third kappa shape index (κ3) is 3.42. The summed E-state index contributed by atoms with van der Waals surface area (Å²) >= 11 is 12.7. The van der Waals surface area contributed by atoms with Crippen molar-refractivity contribution in [2.75, 3.05) is 0 Å². The molecule has 122 valence electrons. The van der Waals surface area contributed by atoms with Crippen molar-refractivity contribution in [3.8, 4) is 5.69 Å². The molecule has 0 aliphatic rings. The number of hydrogen-bond donors (Lipinski definition) is 1. The number of aromatic amines is 1. The Morgan fingerprint density at radius 3 is 2.29 bits per heavy atom. The van der Waals surface area contributed by atoms with Crippen molar-refractivity contribution in [3.05, 3.63) is 90.2 Å². The van der Waals surface area contributed by atoms with Gasteiger partial charge in [0.2, 0.25) is 0 Å². The van der Waals surface area contributed by atoms with E-state index in [1.807, 2.05) is 31.2 Å². The van der Waals surface area contributed by atoms with Crippen LogP contribution in [0.5, 0.6) is 0 Å². The lowest BCUT2D eigenvalue weighted by Gasteiger charge is -2.11. The van der Waals surface area contributed by atoms with E-state index in [-0.39, 0.29) is 0 Å². The summed E-state index contributed by atoms with van der Waals surface area (Å²) in [5.74, 6) is 0. The van der Waals surface area contributed by atoms with Crippen LogP contribution in [0.25, 0.3) is 5.69 Å². The standard InChI is InChI=1S/C17H13Cl2N3O2/c1-10-2-4-11(5-3-10)6-13-14(18)7-12(8-15(13)19)22-17(24)21-16(23)9-20-22/h2-5,7-9H,6H2,1H3,(H,21,23,24). The molecular weight excluding hydrogens is 349 g/mol. The Kier molecular flexibility index (Phi) is 4.55. The fraction of sp³-hybridized carbons (Fsp3) is 0.118. The Morgan fingerprint density at radius 2 is 1.71 bits per heavy atom. The first-order valence-electron chi connectivity index (χ1n) is 7.16. The fourth-order valence-corrected chi connectivity index (χ4v) is 2.94. The lowest BCUT2D eigenvalue weighted by atomic mass is 10.0. The smallest absolute Gasteiger partial charge is 0.271 e. The summed E-state index contributed by atoms with van der Waals surface area (Å²) in [6, 6.07) is 11.3. The van der Waals surface area contributed by atoms with Crippen molar-refractivity contribution in [1.29, 1.82) is 0 Å². The average Bonchev–Trinajstić information content (AvgIpc) is 2.52. The summed E-state index contributed by atoms with van der Waals surface area (Å²) in [6.45, 7) is 2.02. The van der Waals surface area contributed by atoms with Gasteiger partial charge in [0, 0.05) is 16.5 Å². The van der Waals surface area contributed by atoms with Crippen LogP contribution in [0, 0.1) is 6.92 Å². The lowest BCUT2D eigenvalue weighted by Crippen LogP contribution is -2.30. The molecule has 0 unspecified atom stereocenters. The summed E-state index contributed by atoms with van der Waals surface area (Å²) in [6.07, 6.45) is 1.59. The van der Waals surface area contributed by atoms with Crippen LogP contribution >= 0.6 is 23.2 Å². The first-order valence-corrected chi connectivity index (χ1v) is 7.92. The van der Waals surface area contributed by atoms with E-state index in [4.69, 9.17) is 23.2 Å². The van der Waals surface area contributed by atoms with E-state index in [0.29, 0.717) is 22.2 Å². The Bertz CT molecular complexity index is 984. The van der Waals surface area contributed by atoms with Crippen molar-refractivity contribution in [2.45, 2.75) is 13.3 Å². The third-order valence-electron chi connectivity index (χ3n) is 3.58. The van der Waals surface area contributed by atoms with Gasteiger partial charge in [0.25, 0.3) is 5.56 Å². The molecular formula is C17H13Cl2N3O2. The summed E-state index contributed by atoms with van der Waals surface area (Å²) < 4.78 is 1.04. The van der Waals surface area contributed by atoms with Gasteiger partial charge in [-0.1, -0.05) is 53.0 Å². The van der Waals surface area contributed by atoms with Crippen LogP contribution in [0.1, 0.15) is 16.7 Å². The molecule has 0 bridgehead atoms. The van der Waals surface area contributed by atoms with Gasteiger partial charge in [-0.05, 0) is 30.2 Å². The number of rotatable bonds is 3. The maximum absolute atomic E-state index is 11.8. The van der Waals surface area contributed by atoms with Crippen LogP contribution in [0.15, 0.2) is 52.2 Å². The van der Waals surface area contributed by atoms with Gasteiger partial charge in [-0.15, -0.1) is 0 Å². The second-order valence-corrected chi connectivity index (χ2v) is 6.22. The Balaban J connectivity index is 2.01. The van der Waals surface area contributed by atoms with Gasteiger partial charge in [-0.3, -0.25) is 9.78 Å². The molecule has 1 aromatic heterocycles. The highest BCUT2D eigenvalue weighted by Gasteiger charge is 2.12. The van der Waals surface area contributed by atoms with Crippen LogP contribution in [0.3, 0.4) is 0 Å². The third-order valence-corrected chi connectivity index (χ3v) is 4.26. The number of hydrogen-bond acceptors (Lipinski definition) is 3. The number of halogens is 2. The monoisotopic (exact) mass is 361 g/mol. The molecule has 0 saturated heterocycles. The van der Waals surface area contributed by atoms with Gasteiger partial charge in [0.1, 0.15) is 6.20 Å². The maximum atomic E-state index is 11.8. The van der Waals surface area contributed by atoms with E-state index < -0.39 is 11.2 Å². The molecule has 1 heterocycles. The zero-order valence-corrected chi connectivity index (χ0v) is 14.2. The highest BCUT2D eigenvalue weighted by Crippen LogP contribution is 2.29. The van der Waals surface area contributed by atoms with E-state index in [0.717, 1.165) is 22.0 Å². The number of benzene rings is 2. The molecule has 2 aromatic carbocycles. The van der Waals surface area contributed by atoms with Gasteiger partial charge in [-0.2, -0.15) is 9.78 Å². The normalized spacial score (nSPS) is 10.8. The maximum Gasteiger partial charge on any atom is 0.349 e. The zero-order chi connectivity index (χ0) is 17.3. The second kappa shape index (κ2) is 6.63. The van der Waals surface area contributed by atoms with Gasteiger partial charge >= 0.3 is 5.69 Å². The molecule has 24 heavy (non-hydrogen) atoms. The van der Waals surface area contributed by atoms with Crippen molar-refractivity contribution in [2.24, 2.45) is 0 Å². The topological polar surface area (TPSA) is 67.8 Å². The molecule has 0 radical (unpaired) electrons. The number of aryl methyl sites for hydroxylation is 1. The summed E-state index contributed by atoms with van der Waals surface area (Å²) in [7, 11) is 0. The second-order valence-electron chi connectivity index (χ2n) is 5.40. The van der Waals surface area contributed by atoms with Crippen molar-refractivity contribution < 1.29 is 0 Å². The summed E-state index contributed by atoms with van der Waals surface area (Å²) in [4.78, 5) is 25.1. The average molecular weight is 362 g/mol. The minimum Gasteiger partial charge on any atom is -0.271 e. The van der Waals surface area contributed by atoms with Gasteiger partial charge < -0.3 is 0 Å². The van der Waals surface area contributed by atoms with Crippen LogP contribution in [-0.2, 0) is 6.42 Å². The number of nitrogens with one attached hydrogen (secondary N) is 1. The van der Waals surface area contributed by atoms with E-state index in [1.54, 1.807) is 12.1 Å². The van der Waals surface area contributed by atoms with E-state index in [2.05, 4.69) is 10.1 Å². The molecule has 3 aromatic rings. The fourth-order valence-electron chi connectivity index (χ4n) is 2.33. The van der Waals surface area contributed by atoms with Crippen molar-refractivity contribution >= 4 is 23.2 Å². The van der Waals surface area contributed by atoms with E-state index in [9.17, 15) is 9.59 Å². The number of aromatic nitrogens is 3. The summed E-state index contributed by atoms with van der Waals surface area (Å²) in [5.41, 5.74) is 2.19. The predicted octanol–water partition coefficient (Wildman–Crippen LogP) is 3.13. The van der Waals surface area contributed by atoms with E-state index >= 15 is 0 Å². The minimum atomic E-state index is -0.652. The highest BCUT2D eigenvalue weighted by atomic mass is 35.5. The Labute approximate surface area is 147 Å². The van der Waals surface area contributed by atoms with Crippen molar-refractivity contribution in [3.63, 3.8) is 0 Å². The van der Waals surface area contributed by atoms with Gasteiger partial charge in [0.05, 0.1) is 5.69 Å². The van der Waals surface area contributed by atoms with Crippen LogP contribution in [0.4, 0.5) is 0 Å². The Hall–Kier alpha value is -2.37. The van der Waals surface area contributed by atoms with Crippen molar-refractivity contribution in [1.82, 2.24) is 14.8 Å². The van der Waals surface area contributed by atoms with Crippen LogP contribution in [-0.4, -0.2) is 14.8 Å². The molecule has 0 aliphatic carbocycles. The molecule has 3 rings (SSSR count). The molecule has 0 amide bonds. The largest absolute Gasteiger partial charge is 0.349 e. The molecule has 0 saturated carbocycles. The SMILES string of the molecule is Cc1ccc(Cc2c(Cl)cc(-n3ncc(=O)[nH]c3=O)cc2Cl)cc1. The quantitative estimate of drug-likeness (QED) is 0.779. The molecule has 0 fully saturated rings. The highest BCUT2D eigenvalue weighted by molar-refractivity contribution is 6.36. The first-order chi connectivity index (χ1) is 11.4. The first kappa shape index (κ1) is 16.5. The summed E-state index contributed by atoms with van der Waals surface area (Å²) in [5, 5.41) is 4.65. The molecule has 1 N–H and O–H groups in total.